The Morgan fingerprint density at radius 1 is 1.00 bits per heavy atom. The predicted octanol–water partition coefficient (Wildman–Crippen LogP) is 2.63. The predicted molar refractivity (Wildman–Crippen MR) is 111 cm³/mol. The highest BCUT2D eigenvalue weighted by Crippen LogP contribution is 2.29. The number of amides is 2. The zero-order valence-electron chi connectivity index (χ0n) is 17.6. The lowest BCUT2D eigenvalue weighted by Gasteiger charge is -2.40. The van der Waals surface area contributed by atoms with Crippen LogP contribution in [0.15, 0.2) is 24.3 Å². The molecule has 2 aliphatic rings. The highest BCUT2D eigenvalue weighted by molar-refractivity contribution is 5.84. The normalized spacial score (nSPS) is 20.9. The number of carbonyl (C=O) groups excluding carboxylic acids is 2. The molecule has 1 unspecified atom stereocenters. The first-order valence-corrected chi connectivity index (χ1v) is 10.3. The minimum absolute atomic E-state index is 0.0714. The zero-order chi connectivity index (χ0) is 20.3. The van der Waals surface area contributed by atoms with Gasteiger partial charge < -0.3 is 19.4 Å². The van der Waals surface area contributed by atoms with Crippen molar-refractivity contribution in [1.82, 2.24) is 9.80 Å². The number of anilines is 1. The van der Waals surface area contributed by atoms with Gasteiger partial charge in [0.15, 0.2) is 0 Å². The van der Waals surface area contributed by atoms with E-state index in [1.165, 1.54) is 0 Å². The van der Waals surface area contributed by atoms with Crippen molar-refractivity contribution in [1.29, 1.82) is 0 Å². The number of rotatable bonds is 3. The molecule has 0 radical (unpaired) electrons. The lowest BCUT2D eigenvalue weighted by atomic mass is 9.90. The van der Waals surface area contributed by atoms with Gasteiger partial charge in [0.2, 0.25) is 11.8 Å². The fraction of sp³-hybridized carbons (Fsp3) is 0.636. The van der Waals surface area contributed by atoms with Crippen molar-refractivity contribution in [2.45, 2.75) is 33.6 Å². The Bertz CT molecular complexity index is 705. The maximum atomic E-state index is 13.1. The van der Waals surface area contributed by atoms with Crippen LogP contribution in [0.3, 0.4) is 0 Å². The monoisotopic (exact) mass is 387 g/mol. The van der Waals surface area contributed by atoms with Crippen LogP contribution in [0.5, 0.6) is 5.75 Å². The maximum absolute atomic E-state index is 13.1. The SMILES string of the molecule is COc1ccccc1N1CCN(C(=O)C2CCCN(C(=O)C(C)(C)C)C2)CC1. The van der Waals surface area contributed by atoms with E-state index >= 15 is 0 Å². The van der Waals surface area contributed by atoms with Gasteiger partial charge >= 0.3 is 0 Å². The lowest BCUT2D eigenvalue weighted by Crippen LogP contribution is -2.54. The molecule has 154 valence electrons. The van der Waals surface area contributed by atoms with Gasteiger partial charge in [0.1, 0.15) is 5.75 Å². The summed E-state index contributed by atoms with van der Waals surface area (Å²) in [4.78, 5) is 31.8. The van der Waals surface area contributed by atoms with Gasteiger partial charge in [-0.25, -0.2) is 0 Å². The summed E-state index contributed by atoms with van der Waals surface area (Å²) in [6, 6.07) is 8.01. The molecule has 1 atom stereocenters. The highest BCUT2D eigenvalue weighted by atomic mass is 16.5. The average Bonchev–Trinajstić information content (AvgIpc) is 2.72. The maximum Gasteiger partial charge on any atom is 0.227 e. The van der Waals surface area contributed by atoms with E-state index in [4.69, 9.17) is 4.74 Å². The van der Waals surface area contributed by atoms with E-state index in [1.54, 1.807) is 7.11 Å². The second-order valence-electron chi connectivity index (χ2n) is 8.82. The first-order valence-electron chi connectivity index (χ1n) is 10.3. The van der Waals surface area contributed by atoms with Gasteiger partial charge in [-0.15, -0.1) is 0 Å². The van der Waals surface area contributed by atoms with Crippen LogP contribution in [0, 0.1) is 11.3 Å². The molecule has 0 N–H and O–H groups in total. The fourth-order valence-corrected chi connectivity index (χ4v) is 4.15. The second kappa shape index (κ2) is 8.41. The Morgan fingerprint density at radius 2 is 1.68 bits per heavy atom. The van der Waals surface area contributed by atoms with Gasteiger partial charge in [-0.1, -0.05) is 32.9 Å². The Balaban J connectivity index is 1.58. The number of ether oxygens (including phenoxy) is 1. The molecular weight excluding hydrogens is 354 g/mol. The third kappa shape index (κ3) is 4.42. The first-order chi connectivity index (χ1) is 13.3. The minimum Gasteiger partial charge on any atom is -0.495 e. The van der Waals surface area contributed by atoms with Crippen molar-refractivity contribution in [3.05, 3.63) is 24.3 Å². The molecule has 28 heavy (non-hydrogen) atoms. The first kappa shape index (κ1) is 20.5. The Hall–Kier alpha value is -2.24. The fourth-order valence-electron chi connectivity index (χ4n) is 4.15. The van der Waals surface area contributed by atoms with Gasteiger partial charge in [-0.2, -0.15) is 0 Å². The highest BCUT2D eigenvalue weighted by Gasteiger charge is 2.35. The van der Waals surface area contributed by atoms with Crippen molar-refractivity contribution in [3.8, 4) is 5.75 Å². The molecule has 1 aromatic carbocycles. The summed E-state index contributed by atoms with van der Waals surface area (Å²) in [7, 11) is 1.69. The number of methoxy groups -OCH3 is 1. The quantitative estimate of drug-likeness (QED) is 0.800. The molecule has 1 aromatic rings. The van der Waals surface area contributed by atoms with E-state index in [1.807, 2.05) is 48.8 Å². The van der Waals surface area contributed by atoms with Crippen molar-refractivity contribution in [2.75, 3.05) is 51.3 Å². The Morgan fingerprint density at radius 3 is 2.32 bits per heavy atom. The van der Waals surface area contributed by atoms with E-state index in [9.17, 15) is 9.59 Å². The summed E-state index contributed by atoms with van der Waals surface area (Å²) in [6.45, 7) is 10.2. The summed E-state index contributed by atoms with van der Waals surface area (Å²) >= 11 is 0. The zero-order valence-corrected chi connectivity index (χ0v) is 17.6. The van der Waals surface area contributed by atoms with Gasteiger partial charge in [0, 0.05) is 44.7 Å². The van der Waals surface area contributed by atoms with Crippen molar-refractivity contribution in [2.24, 2.45) is 11.3 Å². The summed E-state index contributed by atoms with van der Waals surface area (Å²) < 4.78 is 5.47. The summed E-state index contributed by atoms with van der Waals surface area (Å²) in [5.74, 6) is 1.14. The van der Waals surface area contributed by atoms with Crippen LogP contribution in [-0.2, 0) is 9.59 Å². The third-order valence-electron chi connectivity index (χ3n) is 5.72. The third-order valence-corrected chi connectivity index (χ3v) is 5.72. The van der Waals surface area contributed by atoms with Crippen LogP contribution < -0.4 is 9.64 Å². The minimum atomic E-state index is -0.398. The summed E-state index contributed by atoms with van der Waals surface area (Å²) in [5.41, 5.74) is 0.683. The molecule has 0 saturated carbocycles. The van der Waals surface area contributed by atoms with Crippen molar-refractivity contribution >= 4 is 17.5 Å². The number of para-hydroxylation sites is 2. The van der Waals surface area contributed by atoms with E-state index in [0.29, 0.717) is 19.6 Å². The van der Waals surface area contributed by atoms with Crippen LogP contribution in [0.1, 0.15) is 33.6 Å². The molecular formula is C22H33N3O3. The Kier molecular flexibility index (Phi) is 6.16. The van der Waals surface area contributed by atoms with Gasteiger partial charge in [0.25, 0.3) is 0 Å². The molecule has 0 spiro atoms. The van der Waals surface area contributed by atoms with Crippen LogP contribution in [0.4, 0.5) is 5.69 Å². The number of hydrogen-bond acceptors (Lipinski definition) is 4. The molecule has 2 fully saturated rings. The summed E-state index contributed by atoms with van der Waals surface area (Å²) in [5, 5.41) is 0. The van der Waals surface area contributed by atoms with Crippen LogP contribution >= 0.6 is 0 Å². The Labute approximate surface area is 168 Å². The number of hydrogen-bond donors (Lipinski definition) is 0. The van der Waals surface area contributed by atoms with E-state index < -0.39 is 5.41 Å². The topological polar surface area (TPSA) is 53.1 Å². The van der Waals surface area contributed by atoms with Crippen molar-refractivity contribution in [3.63, 3.8) is 0 Å². The molecule has 3 rings (SSSR count). The van der Waals surface area contributed by atoms with Gasteiger partial charge in [0.05, 0.1) is 18.7 Å². The average molecular weight is 388 g/mol. The molecule has 6 nitrogen and oxygen atoms in total. The molecule has 0 aromatic heterocycles. The molecule has 6 heteroatoms. The van der Waals surface area contributed by atoms with E-state index in [0.717, 1.165) is 43.9 Å². The number of piperazine rings is 1. The molecule has 2 aliphatic heterocycles. The second-order valence-corrected chi connectivity index (χ2v) is 8.82. The summed E-state index contributed by atoms with van der Waals surface area (Å²) in [6.07, 6.45) is 1.78. The standard InChI is InChI=1S/C22H33N3O3/c1-22(2,3)21(27)25-11-7-8-17(16-25)20(26)24-14-12-23(13-15-24)18-9-5-6-10-19(18)28-4/h5-6,9-10,17H,7-8,11-16H2,1-4H3. The van der Waals surface area contributed by atoms with Gasteiger partial charge in [-0.3, -0.25) is 9.59 Å². The van der Waals surface area contributed by atoms with Crippen LogP contribution in [-0.4, -0.2) is 68.0 Å². The largest absolute Gasteiger partial charge is 0.495 e. The number of benzene rings is 1. The number of piperidine rings is 1. The number of likely N-dealkylation sites (tertiary alicyclic amines) is 1. The van der Waals surface area contributed by atoms with Crippen LogP contribution in [0.2, 0.25) is 0 Å². The smallest absolute Gasteiger partial charge is 0.227 e. The van der Waals surface area contributed by atoms with Gasteiger partial charge in [-0.05, 0) is 25.0 Å². The number of carbonyl (C=O) groups is 2. The lowest BCUT2D eigenvalue weighted by molar-refractivity contribution is -0.145. The van der Waals surface area contributed by atoms with E-state index in [2.05, 4.69) is 11.0 Å². The molecule has 0 bridgehead atoms. The number of nitrogens with zero attached hydrogens (tertiary/aromatic N) is 3. The molecule has 2 amide bonds. The van der Waals surface area contributed by atoms with Crippen molar-refractivity contribution < 1.29 is 14.3 Å². The van der Waals surface area contributed by atoms with E-state index in [-0.39, 0.29) is 17.7 Å². The van der Waals surface area contributed by atoms with Crippen LogP contribution in [0.25, 0.3) is 0 Å². The molecule has 2 saturated heterocycles. The molecule has 2 heterocycles. The molecule has 0 aliphatic carbocycles.